The molecule has 2 heterocycles. The first-order chi connectivity index (χ1) is 10.9. The highest BCUT2D eigenvalue weighted by molar-refractivity contribution is 7.99. The van der Waals surface area contributed by atoms with Crippen LogP contribution in [-0.2, 0) is 21.9 Å². The lowest BCUT2D eigenvalue weighted by atomic mass is 10.1. The van der Waals surface area contributed by atoms with Gasteiger partial charge < -0.3 is 10.6 Å². The van der Waals surface area contributed by atoms with E-state index in [1.54, 1.807) is 42.9 Å². The number of carbonyl (C=O) groups excluding carboxylic acids is 1. The maximum Gasteiger partial charge on any atom is 0.241 e. The highest BCUT2D eigenvalue weighted by Crippen LogP contribution is 2.13. The highest BCUT2D eigenvalue weighted by Gasteiger charge is 2.25. The standard InChI is InChI=1S/C13H23N5O3S2.ClH/c1-14-12(11-9-16-17(2)10-11)13(19)15-3-8-23(20,21)18-4-6-22-7-5-18;/h9-10,12,14H,3-8H2,1-2H3,(H,15,19);1H. The van der Waals surface area contributed by atoms with Crippen molar-refractivity contribution in [3.05, 3.63) is 18.0 Å². The van der Waals surface area contributed by atoms with Gasteiger partial charge in [0.1, 0.15) is 6.04 Å². The number of rotatable bonds is 7. The van der Waals surface area contributed by atoms with Crippen molar-refractivity contribution in [1.82, 2.24) is 24.7 Å². The van der Waals surface area contributed by atoms with Crippen LogP contribution in [0.15, 0.2) is 12.4 Å². The van der Waals surface area contributed by atoms with E-state index in [-0.39, 0.29) is 30.6 Å². The van der Waals surface area contributed by atoms with Crippen LogP contribution >= 0.6 is 24.2 Å². The molecular formula is C13H24ClN5O3S2. The molecule has 1 fully saturated rings. The van der Waals surface area contributed by atoms with Gasteiger partial charge in [0.05, 0.1) is 11.9 Å². The number of carbonyl (C=O) groups is 1. The van der Waals surface area contributed by atoms with Crippen molar-refractivity contribution in [1.29, 1.82) is 0 Å². The minimum Gasteiger partial charge on any atom is -0.353 e. The van der Waals surface area contributed by atoms with Gasteiger partial charge in [-0.3, -0.25) is 9.48 Å². The summed E-state index contributed by atoms with van der Waals surface area (Å²) in [5.41, 5.74) is 0.739. The van der Waals surface area contributed by atoms with Crippen molar-refractivity contribution in [3.63, 3.8) is 0 Å². The fraction of sp³-hybridized carbons (Fsp3) is 0.692. The van der Waals surface area contributed by atoms with Crippen molar-refractivity contribution in [2.24, 2.45) is 7.05 Å². The molecule has 0 saturated carbocycles. The zero-order valence-corrected chi connectivity index (χ0v) is 16.2. The summed E-state index contributed by atoms with van der Waals surface area (Å²) >= 11 is 1.76. The molecule has 0 aliphatic carbocycles. The SMILES string of the molecule is CNC(C(=O)NCCS(=O)(=O)N1CCSCC1)c1cnn(C)c1.Cl. The van der Waals surface area contributed by atoms with Gasteiger partial charge in [0.25, 0.3) is 0 Å². The Kier molecular flexibility index (Phi) is 8.51. The Morgan fingerprint density at radius 1 is 1.42 bits per heavy atom. The van der Waals surface area contributed by atoms with Crippen molar-refractivity contribution in [3.8, 4) is 0 Å². The molecule has 2 rings (SSSR count). The van der Waals surface area contributed by atoms with Gasteiger partial charge in [-0.25, -0.2) is 12.7 Å². The van der Waals surface area contributed by atoms with Crippen molar-refractivity contribution in [2.75, 3.05) is 43.9 Å². The van der Waals surface area contributed by atoms with E-state index >= 15 is 0 Å². The molecule has 138 valence electrons. The molecule has 1 amide bonds. The van der Waals surface area contributed by atoms with Crippen molar-refractivity contribution >= 4 is 40.1 Å². The maximum absolute atomic E-state index is 12.2. The van der Waals surface area contributed by atoms with Crippen LogP contribution in [-0.4, -0.2) is 72.4 Å². The lowest BCUT2D eigenvalue weighted by Crippen LogP contribution is -2.43. The summed E-state index contributed by atoms with van der Waals surface area (Å²) in [6.45, 7) is 1.20. The largest absolute Gasteiger partial charge is 0.353 e. The fourth-order valence-corrected chi connectivity index (χ4v) is 4.89. The number of nitrogens with one attached hydrogen (secondary N) is 2. The van der Waals surface area contributed by atoms with E-state index in [2.05, 4.69) is 15.7 Å². The number of likely N-dealkylation sites (N-methyl/N-ethyl adjacent to an activating group) is 1. The number of sulfonamides is 1. The Bertz CT molecular complexity index is 631. The lowest BCUT2D eigenvalue weighted by Gasteiger charge is -2.25. The van der Waals surface area contributed by atoms with Crippen LogP contribution in [0.4, 0.5) is 0 Å². The Morgan fingerprint density at radius 3 is 2.62 bits per heavy atom. The topological polar surface area (TPSA) is 96.3 Å². The Morgan fingerprint density at radius 2 is 2.08 bits per heavy atom. The summed E-state index contributed by atoms with van der Waals surface area (Å²) in [5, 5.41) is 9.64. The van der Waals surface area contributed by atoms with Crippen LogP contribution in [0, 0.1) is 0 Å². The van der Waals surface area contributed by atoms with Gasteiger partial charge in [-0.2, -0.15) is 16.9 Å². The zero-order chi connectivity index (χ0) is 16.9. The monoisotopic (exact) mass is 397 g/mol. The van der Waals surface area contributed by atoms with Crippen LogP contribution in [0.25, 0.3) is 0 Å². The van der Waals surface area contributed by atoms with Crippen LogP contribution in [0.3, 0.4) is 0 Å². The van der Waals surface area contributed by atoms with E-state index in [1.807, 2.05) is 0 Å². The molecule has 1 unspecified atom stereocenters. The maximum atomic E-state index is 12.2. The number of thioether (sulfide) groups is 1. The molecule has 1 aromatic rings. The molecule has 0 aromatic carbocycles. The summed E-state index contributed by atoms with van der Waals surface area (Å²) in [5.74, 6) is 1.32. The second kappa shape index (κ2) is 9.62. The molecule has 2 N–H and O–H groups in total. The van der Waals surface area contributed by atoms with Crippen LogP contribution in [0.5, 0.6) is 0 Å². The number of aromatic nitrogens is 2. The molecule has 1 atom stereocenters. The second-order valence-electron chi connectivity index (χ2n) is 5.29. The fourth-order valence-electron chi connectivity index (χ4n) is 2.40. The van der Waals surface area contributed by atoms with E-state index in [0.717, 1.165) is 17.1 Å². The third kappa shape index (κ3) is 5.62. The predicted molar refractivity (Wildman–Crippen MR) is 98.0 cm³/mol. The normalized spacial score (nSPS) is 17.1. The van der Waals surface area contributed by atoms with Crippen LogP contribution < -0.4 is 10.6 Å². The minimum atomic E-state index is -3.30. The van der Waals surface area contributed by atoms with Gasteiger partial charge in [0, 0.05) is 49.9 Å². The third-order valence-corrected chi connectivity index (χ3v) is 6.45. The smallest absolute Gasteiger partial charge is 0.241 e. The first-order valence-corrected chi connectivity index (χ1v) is 10.2. The van der Waals surface area contributed by atoms with E-state index in [1.165, 1.54) is 4.31 Å². The minimum absolute atomic E-state index is 0. The van der Waals surface area contributed by atoms with E-state index in [9.17, 15) is 13.2 Å². The van der Waals surface area contributed by atoms with Crippen LogP contribution in [0.2, 0.25) is 0 Å². The molecule has 11 heteroatoms. The number of hydrogen-bond acceptors (Lipinski definition) is 6. The summed E-state index contributed by atoms with van der Waals surface area (Å²) in [4.78, 5) is 12.2. The van der Waals surface area contributed by atoms with Crippen LogP contribution in [0.1, 0.15) is 11.6 Å². The van der Waals surface area contributed by atoms with E-state index in [4.69, 9.17) is 0 Å². The van der Waals surface area contributed by atoms with Gasteiger partial charge >= 0.3 is 0 Å². The Hall–Kier alpha value is -0.810. The van der Waals surface area contributed by atoms with E-state index < -0.39 is 16.1 Å². The third-order valence-electron chi connectivity index (χ3n) is 3.63. The van der Waals surface area contributed by atoms with Crippen molar-refractivity contribution < 1.29 is 13.2 Å². The number of amides is 1. The molecule has 0 spiro atoms. The van der Waals surface area contributed by atoms with Gasteiger partial charge in [0.2, 0.25) is 15.9 Å². The first kappa shape index (κ1) is 21.2. The average molecular weight is 398 g/mol. The average Bonchev–Trinajstić information content (AvgIpc) is 2.95. The van der Waals surface area contributed by atoms with Gasteiger partial charge in [-0.1, -0.05) is 0 Å². The Labute approximate surface area is 153 Å². The number of halogens is 1. The first-order valence-electron chi connectivity index (χ1n) is 7.43. The number of nitrogens with zero attached hydrogens (tertiary/aromatic N) is 3. The molecule has 8 nitrogen and oxygen atoms in total. The highest BCUT2D eigenvalue weighted by atomic mass is 35.5. The quantitative estimate of drug-likeness (QED) is 0.649. The molecule has 0 radical (unpaired) electrons. The summed E-state index contributed by atoms with van der Waals surface area (Å²) in [6, 6.07) is -0.544. The second-order valence-corrected chi connectivity index (χ2v) is 8.60. The summed E-state index contributed by atoms with van der Waals surface area (Å²) < 4.78 is 27.6. The van der Waals surface area contributed by atoms with E-state index in [0.29, 0.717) is 13.1 Å². The molecule has 1 aliphatic rings. The zero-order valence-electron chi connectivity index (χ0n) is 13.8. The Balaban J connectivity index is 0.00000288. The summed E-state index contributed by atoms with van der Waals surface area (Å²) in [6.07, 6.45) is 3.37. The molecule has 1 aliphatic heterocycles. The molecule has 1 aromatic heterocycles. The van der Waals surface area contributed by atoms with Gasteiger partial charge in [0.15, 0.2) is 0 Å². The lowest BCUT2D eigenvalue weighted by molar-refractivity contribution is -0.123. The number of aryl methyl sites for hydroxylation is 1. The molecule has 0 bridgehead atoms. The molecular weight excluding hydrogens is 374 g/mol. The summed E-state index contributed by atoms with van der Waals surface area (Å²) in [7, 11) is 0.152. The van der Waals surface area contributed by atoms with Gasteiger partial charge in [-0.05, 0) is 7.05 Å². The van der Waals surface area contributed by atoms with Crippen molar-refractivity contribution in [2.45, 2.75) is 6.04 Å². The van der Waals surface area contributed by atoms with Gasteiger partial charge in [-0.15, -0.1) is 12.4 Å². The molecule has 1 saturated heterocycles. The molecule has 24 heavy (non-hydrogen) atoms. The predicted octanol–water partition coefficient (Wildman–Crippen LogP) is -0.403. The number of hydrogen-bond donors (Lipinski definition) is 2.